The first-order chi connectivity index (χ1) is 9.07. The molecular weight excluding hydrogens is 315 g/mol. The molecule has 0 radical (unpaired) electrons. The third kappa shape index (κ3) is 3.62. The molecule has 0 nitrogen and oxygen atoms in total. The summed E-state index contributed by atoms with van der Waals surface area (Å²) >= 11 is 0. The van der Waals surface area contributed by atoms with Crippen LogP contribution in [-0.2, 0) is 17.8 Å². The first kappa shape index (κ1) is 17.6. The summed E-state index contributed by atoms with van der Waals surface area (Å²) in [6.45, 7) is 1.03. The summed E-state index contributed by atoms with van der Waals surface area (Å²) in [7, 11) is 0. The van der Waals surface area contributed by atoms with Gasteiger partial charge in [0.1, 0.15) is 0 Å². The van der Waals surface area contributed by atoms with Crippen molar-refractivity contribution in [2.45, 2.75) is 37.8 Å². The van der Waals surface area contributed by atoms with Crippen molar-refractivity contribution in [2.24, 2.45) is 0 Å². The summed E-state index contributed by atoms with van der Waals surface area (Å²) in [5.74, 6) is 0. The highest BCUT2D eigenvalue weighted by Gasteiger charge is 2.50. The van der Waals surface area contributed by atoms with Gasteiger partial charge in [0.05, 0.1) is 16.5 Å². The Morgan fingerprint density at radius 1 is 0.571 bits per heavy atom. The Kier molecular flexibility index (Phi) is 4.04. The number of benzene rings is 1. The predicted molar refractivity (Wildman–Crippen MR) is 55.5 cm³/mol. The Hall–Kier alpha value is -1.41. The average Bonchev–Trinajstić information content (AvgIpc) is 2.24. The van der Waals surface area contributed by atoms with Crippen molar-refractivity contribution in [3.8, 4) is 0 Å². The summed E-state index contributed by atoms with van der Waals surface area (Å²) in [6, 6.07) is -0.0403. The monoisotopic (exact) mass is 324 g/mol. The van der Waals surface area contributed by atoms with Gasteiger partial charge >= 0.3 is 18.5 Å². The number of halogens is 9. The molecule has 0 atom stereocenters. The third-order valence-electron chi connectivity index (χ3n) is 3.02. The molecule has 0 saturated carbocycles. The second kappa shape index (κ2) is 4.81. The van der Waals surface area contributed by atoms with Crippen molar-refractivity contribution in [1.82, 2.24) is 0 Å². The lowest BCUT2D eigenvalue weighted by atomic mass is 9.82. The van der Waals surface area contributed by atoms with E-state index in [4.69, 9.17) is 0 Å². The van der Waals surface area contributed by atoms with Crippen LogP contribution in [0, 0.1) is 0 Å². The molecule has 0 fully saturated rings. The molecule has 0 aliphatic heterocycles. The molecule has 0 aliphatic rings. The van der Waals surface area contributed by atoms with E-state index in [-0.39, 0.29) is 18.2 Å². The molecule has 1 rings (SSSR count). The normalized spacial score (nSPS) is 14.4. The third-order valence-corrected chi connectivity index (χ3v) is 3.02. The SMILES string of the molecule is CC(C)(c1cc(C(F)(F)F)cc(C(F)(F)F)c1)C(F)(F)F. The van der Waals surface area contributed by atoms with Crippen LogP contribution in [-0.4, -0.2) is 6.18 Å². The maximum absolute atomic E-state index is 12.8. The molecule has 0 heterocycles. The van der Waals surface area contributed by atoms with Gasteiger partial charge in [-0.05, 0) is 37.6 Å². The molecule has 1 aromatic rings. The van der Waals surface area contributed by atoms with Gasteiger partial charge in [-0.1, -0.05) is 0 Å². The van der Waals surface area contributed by atoms with Crippen molar-refractivity contribution in [3.63, 3.8) is 0 Å². The molecule has 1 aromatic carbocycles. The lowest BCUT2D eigenvalue weighted by Gasteiger charge is -2.29. The minimum atomic E-state index is -5.18. The minimum absolute atomic E-state index is 0.0860. The fraction of sp³-hybridized carbons (Fsp3) is 0.500. The molecule has 0 amide bonds. The maximum Gasteiger partial charge on any atom is 0.416 e. The van der Waals surface area contributed by atoms with Gasteiger partial charge in [-0.15, -0.1) is 0 Å². The zero-order valence-electron chi connectivity index (χ0n) is 10.6. The van der Waals surface area contributed by atoms with Crippen LogP contribution in [0.2, 0.25) is 0 Å². The molecule has 0 aromatic heterocycles. The van der Waals surface area contributed by atoms with E-state index in [1.54, 1.807) is 0 Å². The van der Waals surface area contributed by atoms with Gasteiger partial charge in [-0.25, -0.2) is 0 Å². The fourth-order valence-electron chi connectivity index (χ4n) is 1.48. The topological polar surface area (TPSA) is 0 Å². The maximum atomic E-state index is 12.8. The highest BCUT2D eigenvalue weighted by molar-refractivity contribution is 5.38. The van der Waals surface area contributed by atoms with E-state index in [1.165, 1.54) is 0 Å². The second-order valence-electron chi connectivity index (χ2n) is 4.92. The Bertz CT molecular complexity index is 485. The van der Waals surface area contributed by atoms with E-state index in [0.717, 1.165) is 0 Å². The molecule has 0 unspecified atom stereocenters. The van der Waals surface area contributed by atoms with Crippen molar-refractivity contribution in [3.05, 3.63) is 34.9 Å². The Balaban J connectivity index is 3.61. The highest BCUT2D eigenvalue weighted by atomic mass is 19.4. The minimum Gasteiger partial charge on any atom is -0.170 e. The van der Waals surface area contributed by atoms with Crippen LogP contribution in [0.15, 0.2) is 18.2 Å². The second-order valence-corrected chi connectivity index (χ2v) is 4.92. The largest absolute Gasteiger partial charge is 0.416 e. The van der Waals surface area contributed by atoms with Gasteiger partial charge < -0.3 is 0 Å². The summed E-state index contributed by atoms with van der Waals surface area (Å²) in [6.07, 6.45) is -15.4. The zero-order valence-corrected chi connectivity index (χ0v) is 10.6. The average molecular weight is 324 g/mol. The number of hydrogen-bond acceptors (Lipinski definition) is 0. The summed E-state index contributed by atoms with van der Waals surface area (Å²) in [5.41, 5.74) is -7.50. The standard InChI is InChI=1S/C12H9F9/c1-9(2,12(19,20)21)6-3-7(10(13,14)15)5-8(4-6)11(16,17)18/h3-5H,1-2H3. The highest BCUT2D eigenvalue weighted by Crippen LogP contribution is 2.44. The van der Waals surface area contributed by atoms with Crippen LogP contribution in [0.1, 0.15) is 30.5 Å². The molecule has 0 N–H and O–H groups in total. The van der Waals surface area contributed by atoms with Crippen LogP contribution >= 0.6 is 0 Å². The van der Waals surface area contributed by atoms with Crippen molar-refractivity contribution in [2.75, 3.05) is 0 Å². The first-order valence-electron chi connectivity index (χ1n) is 5.43. The van der Waals surface area contributed by atoms with E-state index in [2.05, 4.69) is 0 Å². The van der Waals surface area contributed by atoms with Crippen LogP contribution in [0.4, 0.5) is 39.5 Å². The predicted octanol–water partition coefficient (Wildman–Crippen LogP) is 5.56. The fourth-order valence-corrected chi connectivity index (χ4v) is 1.48. The molecule has 21 heavy (non-hydrogen) atoms. The van der Waals surface area contributed by atoms with Gasteiger partial charge in [0.2, 0.25) is 0 Å². The van der Waals surface area contributed by atoms with Crippen molar-refractivity contribution < 1.29 is 39.5 Å². The van der Waals surface area contributed by atoms with Gasteiger partial charge in [-0.3, -0.25) is 0 Å². The van der Waals surface area contributed by atoms with Gasteiger partial charge in [-0.2, -0.15) is 39.5 Å². The van der Waals surface area contributed by atoms with Gasteiger partial charge in [0, 0.05) is 0 Å². The Morgan fingerprint density at radius 2 is 0.857 bits per heavy atom. The quantitative estimate of drug-likeness (QED) is 0.593. The van der Waals surface area contributed by atoms with Crippen molar-refractivity contribution >= 4 is 0 Å². The summed E-state index contributed by atoms with van der Waals surface area (Å²) in [5, 5.41) is 0. The lowest BCUT2D eigenvalue weighted by Crippen LogP contribution is -2.37. The van der Waals surface area contributed by atoms with E-state index >= 15 is 0 Å². The van der Waals surface area contributed by atoms with Crippen LogP contribution < -0.4 is 0 Å². The van der Waals surface area contributed by atoms with Gasteiger partial charge in [0.15, 0.2) is 0 Å². The Labute approximate surface area is 113 Å². The zero-order chi connectivity index (χ0) is 16.9. The lowest BCUT2D eigenvalue weighted by molar-refractivity contribution is -0.181. The van der Waals surface area contributed by atoms with Crippen LogP contribution in [0.3, 0.4) is 0 Å². The molecule has 120 valence electrons. The Morgan fingerprint density at radius 3 is 1.10 bits per heavy atom. The van der Waals surface area contributed by atoms with E-state index in [0.29, 0.717) is 13.8 Å². The first-order valence-corrected chi connectivity index (χ1v) is 5.43. The van der Waals surface area contributed by atoms with E-state index in [9.17, 15) is 39.5 Å². The van der Waals surface area contributed by atoms with Crippen molar-refractivity contribution in [1.29, 1.82) is 0 Å². The summed E-state index contributed by atoms with van der Waals surface area (Å²) in [4.78, 5) is 0. The molecule has 0 aliphatic carbocycles. The molecule has 0 spiro atoms. The molecule has 0 bridgehead atoms. The smallest absolute Gasteiger partial charge is 0.170 e. The van der Waals surface area contributed by atoms with Crippen LogP contribution in [0.5, 0.6) is 0 Å². The molecule has 0 saturated heterocycles. The number of hydrogen-bond donors (Lipinski definition) is 0. The van der Waals surface area contributed by atoms with E-state index in [1.807, 2.05) is 0 Å². The molecular formula is C12H9F9. The number of alkyl halides is 9. The van der Waals surface area contributed by atoms with Crippen LogP contribution in [0.25, 0.3) is 0 Å². The van der Waals surface area contributed by atoms with E-state index < -0.39 is 40.6 Å². The molecule has 9 heteroatoms. The summed E-state index contributed by atoms with van der Waals surface area (Å²) < 4.78 is 114. The number of rotatable bonds is 1. The van der Waals surface area contributed by atoms with Gasteiger partial charge in [0.25, 0.3) is 0 Å².